The van der Waals surface area contributed by atoms with E-state index in [1.54, 1.807) is 0 Å². The van der Waals surface area contributed by atoms with Gasteiger partial charge < -0.3 is 15.4 Å². The van der Waals surface area contributed by atoms with E-state index in [1.807, 2.05) is 25.1 Å². The number of guanidine groups is 1. The zero-order chi connectivity index (χ0) is 19.8. The fourth-order valence-electron chi connectivity index (χ4n) is 3.59. The summed E-state index contributed by atoms with van der Waals surface area (Å²) in [5.41, 5.74) is 4.55. The van der Waals surface area contributed by atoms with E-state index in [0.29, 0.717) is 12.5 Å². The number of nitrogens with one attached hydrogen (secondary N) is 2. The molecule has 2 aromatic rings. The molecule has 1 fully saturated rings. The van der Waals surface area contributed by atoms with Crippen molar-refractivity contribution in [2.45, 2.75) is 46.3 Å². The minimum Gasteiger partial charge on any atom is -0.373 e. The Labute approximate surface area is 168 Å². The molecule has 0 saturated carbocycles. The zero-order valence-electron chi connectivity index (χ0n) is 17.2. The van der Waals surface area contributed by atoms with Gasteiger partial charge in [-0.15, -0.1) is 0 Å². The lowest BCUT2D eigenvalue weighted by Gasteiger charge is -2.32. The maximum absolute atomic E-state index is 6.14. The predicted molar refractivity (Wildman–Crippen MR) is 114 cm³/mol. The summed E-state index contributed by atoms with van der Waals surface area (Å²) in [4.78, 5) is 9.24. The van der Waals surface area contributed by atoms with Gasteiger partial charge in [0.2, 0.25) is 0 Å². The van der Waals surface area contributed by atoms with Crippen LogP contribution in [0.25, 0.3) is 0 Å². The van der Waals surface area contributed by atoms with Gasteiger partial charge in [0.05, 0.1) is 18.3 Å². The Bertz CT molecular complexity index is 772. The molecule has 150 valence electrons. The molecule has 28 heavy (non-hydrogen) atoms. The number of hydrogen-bond acceptors (Lipinski definition) is 3. The molecule has 1 saturated heterocycles. The van der Waals surface area contributed by atoms with Crippen LogP contribution in [0.3, 0.4) is 0 Å². The number of aryl methyl sites for hydroxylation is 2. The molecular formula is C23H32N4O. The molecule has 5 heteroatoms. The maximum Gasteiger partial charge on any atom is 0.191 e. The topological polar surface area (TPSA) is 58.5 Å². The van der Waals surface area contributed by atoms with Crippen molar-refractivity contribution in [3.63, 3.8) is 0 Å². The van der Waals surface area contributed by atoms with Gasteiger partial charge >= 0.3 is 0 Å². The Balaban J connectivity index is 1.63. The number of benzene rings is 1. The Hall–Kier alpha value is -2.40. The van der Waals surface area contributed by atoms with Crippen LogP contribution in [-0.4, -0.2) is 30.6 Å². The van der Waals surface area contributed by atoms with Crippen LogP contribution in [0.15, 0.2) is 47.5 Å². The molecule has 0 spiro atoms. The molecule has 0 amide bonds. The largest absolute Gasteiger partial charge is 0.373 e. The number of rotatable bonds is 6. The Morgan fingerprint density at radius 3 is 2.71 bits per heavy atom. The van der Waals surface area contributed by atoms with E-state index in [4.69, 9.17) is 9.73 Å². The molecule has 0 radical (unpaired) electrons. The van der Waals surface area contributed by atoms with Gasteiger partial charge in [-0.1, -0.05) is 35.9 Å². The van der Waals surface area contributed by atoms with Crippen LogP contribution in [0.2, 0.25) is 0 Å². The number of ether oxygens (including phenoxy) is 1. The lowest BCUT2D eigenvalue weighted by molar-refractivity contribution is -0.0265. The van der Waals surface area contributed by atoms with Crippen LogP contribution >= 0.6 is 0 Å². The maximum atomic E-state index is 6.14. The second-order valence-corrected chi connectivity index (χ2v) is 7.45. The SMILES string of the molecule is CCNC(=NCc1cccc(C)n1)NCC1CCCOC1c1ccc(C)cc1. The van der Waals surface area contributed by atoms with Crippen LogP contribution in [0.4, 0.5) is 0 Å². The molecule has 2 heterocycles. The molecule has 1 aromatic heterocycles. The molecule has 3 rings (SSSR count). The van der Waals surface area contributed by atoms with Gasteiger partial charge in [0.1, 0.15) is 0 Å². The van der Waals surface area contributed by atoms with Gasteiger partial charge in [-0.2, -0.15) is 0 Å². The average molecular weight is 381 g/mol. The fraction of sp³-hybridized carbons (Fsp3) is 0.478. The second kappa shape index (κ2) is 10.2. The smallest absolute Gasteiger partial charge is 0.191 e. The number of aromatic nitrogens is 1. The van der Waals surface area contributed by atoms with Gasteiger partial charge in [-0.3, -0.25) is 4.98 Å². The summed E-state index contributed by atoms with van der Waals surface area (Å²) >= 11 is 0. The highest BCUT2D eigenvalue weighted by molar-refractivity contribution is 5.79. The van der Waals surface area contributed by atoms with Gasteiger partial charge in [-0.05, 0) is 51.3 Å². The summed E-state index contributed by atoms with van der Waals surface area (Å²) in [6, 6.07) is 14.8. The van der Waals surface area contributed by atoms with Crippen molar-refractivity contribution < 1.29 is 4.74 Å². The van der Waals surface area contributed by atoms with Crippen molar-refractivity contribution in [2.75, 3.05) is 19.7 Å². The van der Waals surface area contributed by atoms with Gasteiger partial charge in [0, 0.05) is 31.3 Å². The lowest BCUT2D eigenvalue weighted by Crippen LogP contribution is -2.42. The van der Waals surface area contributed by atoms with E-state index in [0.717, 1.165) is 49.9 Å². The first-order chi connectivity index (χ1) is 13.7. The quantitative estimate of drug-likeness (QED) is 0.589. The van der Waals surface area contributed by atoms with Crippen molar-refractivity contribution >= 4 is 5.96 Å². The summed E-state index contributed by atoms with van der Waals surface area (Å²) in [6.45, 7) is 9.28. The molecule has 2 unspecified atom stereocenters. The lowest BCUT2D eigenvalue weighted by atomic mass is 9.89. The van der Waals surface area contributed by atoms with Gasteiger partial charge in [-0.25, -0.2) is 4.99 Å². The third-order valence-corrected chi connectivity index (χ3v) is 5.07. The molecule has 5 nitrogen and oxygen atoms in total. The molecule has 1 aromatic carbocycles. The molecule has 1 aliphatic heterocycles. The van der Waals surface area contributed by atoms with E-state index < -0.39 is 0 Å². The van der Waals surface area contributed by atoms with E-state index >= 15 is 0 Å². The summed E-state index contributed by atoms with van der Waals surface area (Å²) in [5.74, 6) is 1.26. The summed E-state index contributed by atoms with van der Waals surface area (Å²) in [6.07, 6.45) is 2.41. The van der Waals surface area contributed by atoms with Crippen molar-refractivity contribution in [2.24, 2.45) is 10.9 Å². The molecule has 0 bridgehead atoms. The first kappa shape index (κ1) is 20.3. The number of pyridine rings is 1. The molecule has 2 N–H and O–H groups in total. The first-order valence-electron chi connectivity index (χ1n) is 10.3. The predicted octanol–water partition coefficient (Wildman–Crippen LogP) is 3.92. The van der Waals surface area contributed by atoms with Crippen molar-refractivity contribution in [3.05, 3.63) is 65.0 Å². The minimum absolute atomic E-state index is 0.142. The van der Waals surface area contributed by atoms with Crippen LogP contribution < -0.4 is 10.6 Å². The summed E-state index contributed by atoms with van der Waals surface area (Å²) in [5, 5.41) is 6.86. The zero-order valence-corrected chi connectivity index (χ0v) is 17.2. The molecule has 2 atom stereocenters. The monoisotopic (exact) mass is 380 g/mol. The molecule has 0 aliphatic carbocycles. The van der Waals surface area contributed by atoms with E-state index in [2.05, 4.69) is 53.7 Å². The normalized spacial score (nSPS) is 20.0. The van der Waals surface area contributed by atoms with E-state index in [-0.39, 0.29) is 6.10 Å². The minimum atomic E-state index is 0.142. The summed E-state index contributed by atoms with van der Waals surface area (Å²) < 4.78 is 6.14. The van der Waals surface area contributed by atoms with Crippen LogP contribution in [-0.2, 0) is 11.3 Å². The van der Waals surface area contributed by atoms with E-state index in [1.165, 1.54) is 11.1 Å². The van der Waals surface area contributed by atoms with Crippen molar-refractivity contribution in [1.29, 1.82) is 0 Å². The van der Waals surface area contributed by atoms with Crippen LogP contribution in [0.5, 0.6) is 0 Å². The van der Waals surface area contributed by atoms with E-state index in [9.17, 15) is 0 Å². The Morgan fingerprint density at radius 1 is 1.14 bits per heavy atom. The van der Waals surface area contributed by atoms with Crippen molar-refractivity contribution in [1.82, 2.24) is 15.6 Å². The highest BCUT2D eigenvalue weighted by atomic mass is 16.5. The van der Waals surface area contributed by atoms with Crippen LogP contribution in [0.1, 0.15) is 48.4 Å². The highest BCUT2D eigenvalue weighted by Crippen LogP contribution is 2.33. The second-order valence-electron chi connectivity index (χ2n) is 7.45. The third kappa shape index (κ3) is 5.80. The first-order valence-corrected chi connectivity index (χ1v) is 10.3. The number of hydrogen-bond donors (Lipinski definition) is 2. The molecule has 1 aliphatic rings. The summed E-state index contributed by atoms with van der Waals surface area (Å²) in [7, 11) is 0. The highest BCUT2D eigenvalue weighted by Gasteiger charge is 2.27. The van der Waals surface area contributed by atoms with Gasteiger partial charge in [0.25, 0.3) is 0 Å². The Morgan fingerprint density at radius 2 is 1.96 bits per heavy atom. The Kier molecular flexibility index (Phi) is 7.43. The van der Waals surface area contributed by atoms with Crippen molar-refractivity contribution in [3.8, 4) is 0 Å². The average Bonchev–Trinajstić information content (AvgIpc) is 2.71. The third-order valence-electron chi connectivity index (χ3n) is 5.07. The molecular weight excluding hydrogens is 348 g/mol. The fourth-order valence-corrected chi connectivity index (χ4v) is 3.59. The number of aliphatic imine (C=N–C) groups is 1. The number of nitrogens with zero attached hydrogens (tertiary/aromatic N) is 2. The van der Waals surface area contributed by atoms with Gasteiger partial charge in [0.15, 0.2) is 5.96 Å². The standard InChI is InChI=1S/C23H32N4O/c1-4-24-23(26-16-21-9-5-7-18(3)27-21)25-15-20-8-6-14-28-22(20)19-12-10-17(2)11-13-19/h5,7,9-13,20,22H,4,6,8,14-16H2,1-3H3,(H2,24,25,26). The van der Waals surface area contributed by atoms with Crippen LogP contribution in [0, 0.1) is 19.8 Å².